The number of hydrogen-bond acceptors (Lipinski definition) is 6. The van der Waals surface area contributed by atoms with Crippen LogP contribution in [0.4, 0.5) is 5.82 Å². The van der Waals surface area contributed by atoms with Gasteiger partial charge in [0.05, 0.1) is 24.2 Å². The summed E-state index contributed by atoms with van der Waals surface area (Å²) in [6.45, 7) is 3.57. The van der Waals surface area contributed by atoms with Crippen LogP contribution in [0, 0.1) is 0 Å². The van der Waals surface area contributed by atoms with Crippen LogP contribution in [0.15, 0.2) is 48.5 Å². The van der Waals surface area contributed by atoms with Gasteiger partial charge in [0.1, 0.15) is 22.6 Å². The Morgan fingerprint density at radius 1 is 1.06 bits per heavy atom. The van der Waals surface area contributed by atoms with Gasteiger partial charge < -0.3 is 20.5 Å². The Hall–Kier alpha value is -3.65. The highest BCUT2D eigenvalue weighted by molar-refractivity contribution is 6.11. The highest BCUT2D eigenvalue weighted by Crippen LogP contribution is 2.31. The zero-order chi connectivity index (χ0) is 22.5. The van der Waals surface area contributed by atoms with Crippen LogP contribution in [0.25, 0.3) is 27.9 Å². The van der Waals surface area contributed by atoms with E-state index in [1.807, 2.05) is 48.5 Å². The van der Waals surface area contributed by atoms with Gasteiger partial charge in [0.25, 0.3) is 5.91 Å². The molecule has 0 fully saturated rings. The molecule has 0 aliphatic heterocycles. The smallest absolute Gasteiger partial charge is 0.257 e. The van der Waals surface area contributed by atoms with Crippen molar-refractivity contribution in [1.29, 1.82) is 0 Å². The van der Waals surface area contributed by atoms with Gasteiger partial charge in [0.15, 0.2) is 5.65 Å². The minimum Gasteiger partial charge on any atom is -0.494 e. The maximum atomic E-state index is 13.0. The number of carbonyl (C=O) groups excluding carboxylic acids is 1. The molecule has 0 spiro atoms. The largest absolute Gasteiger partial charge is 0.494 e. The summed E-state index contributed by atoms with van der Waals surface area (Å²) in [6.07, 6.45) is 2.08. The van der Waals surface area contributed by atoms with Crippen molar-refractivity contribution < 1.29 is 14.3 Å². The fraction of sp³-hybridized carbons (Fsp3) is 0.292. The van der Waals surface area contributed by atoms with Crippen molar-refractivity contribution in [2.75, 3.05) is 32.6 Å². The van der Waals surface area contributed by atoms with E-state index in [-0.39, 0.29) is 11.7 Å². The first kappa shape index (κ1) is 21.6. The number of hydrogen-bond donors (Lipinski definition) is 2. The van der Waals surface area contributed by atoms with Crippen LogP contribution in [0.3, 0.4) is 0 Å². The van der Waals surface area contributed by atoms with Crippen molar-refractivity contribution in [1.82, 2.24) is 19.9 Å². The lowest BCUT2D eigenvalue weighted by molar-refractivity contribution is 0.0939. The van der Waals surface area contributed by atoms with E-state index in [1.54, 1.807) is 11.7 Å². The molecule has 8 heteroatoms. The molecule has 8 nitrogen and oxygen atoms in total. The summed E-state index contributed by atoms with van der Waals surface area (Å²) < 4.78 is 12.6. The summed E-state index contributed by atoms with van der Waals surface area (Å²) in [5, 5.41) is 2.84. The monoisotopic (exact) mass is 433 g/mol. The number of anilines is 1. The normalized spacial score (nSPS) is 11.2. The fourth-order valence-electron chi connectivity index (χ4n) is 3.53. The molecule has 0 unspecified atom stereocenters. The molecule has 0 radical (unpaired) electrons. The second-order valence-corrected chi connectivity index (χ2v) is 7.42. The van der Waals surface area contributed by atoms with E-state index in [4.69, 9.17) is 25.2 Å². The van der Waals surface area contributed by atoms with E-state index in [2.05, 4.69) is 12.2 Å². The summed E-state index contributed by atoms with van der Waals surface area (Å²) in [4.78, 5) is 22.5. The highest BCUT2D eigenvalue weighted by Gasteiger charge is 2.24. The van der Waals surface area contributed by atoms with Crippen LogP contribution >= 0.6 is 0 Å². The number of nitrogens with two attached hydrogens (primary N) is 1. The number of ether oxygens (including phenoxy) is 2. The molecule has 2 aromatic heterocycles. The lowest BCUT2D eigenvalue weighted by Crippen LogP contribution is -2.27. The number of nitrogen functional groups attached to an aromatic ring is 1. The van der Waals surface area contributed by atoms with Crippen LogP contribution in [-0.4, -0.2) is 47.3 Å². The summed E-state index contributed by atoms with van der Waals surface area (Å²) in [6, 6.07) is 15.1. The van der Waals surface area contributed by atoms with E-state index < -0.39 is 0 Å². The van der Waals surface area contributed by atoms with Gasteiger partial charge in [-0.2, -0.15) is 0 Å². The van der Waals surface area contributed by atoms with Gasteiger partial charge in [-0.05, 0) is 42.8 Å². The number of amides is 1. The Morgan fingerprint density at radius 2 is 1.78 bits per heavy atom. The van der Waals surface area contributed by atoms with Crippen LogP contribution in [0.2, 0.25) is 0 Å². The Balaban J connectivity index is 1.81. The van der Waals surface area contributed by atoms with Gasteiger partial charge in [-0.15, -0.1) is 0 Å². The second-order valence-electron chi connectivity index (χ2n) is 7.42. The highest BCUT2D eigenvalue weighted by atomic mass is 16.5. The molecule has 0 aliphatic rings. The summed E-state index contributed by atoms with van der Waals surface area (Å²) in [7, 11) is 1.58. The molecule has 2 heterocycles. The minimum atomic E-state index is -0.313. The van der Waals surface area contributed by atoms with Gasteiger partial charge in [-0.3, -0.25) is 9.36 Å². The first-order chi connectivity index (χ1) is 15.6. The Morgan fingerprint density at radius 3 is 2.47 bits per heavy atom. The average Bonchev–Trinajstić information content (AvgIpc) is 3.09. The molecular weight excluding hydrogens is 406 g/mol. The Labute approximate surface area is 186 Å². The van der Waals surface area contributed by atoms with Crippen molar-refractivity contribution in [3.05, 3.63) is 54.1 Å². The summed E-state index contributed by atoms with van der Waals surface area (Å²) in [5.74, 6) is 0.753. The first-order valence-electron chi connectivity index (χ1n) is 10.7. The predicted octanol–water partition coefficient (Wildman–Crippen LogP) is 3.71. The van der Waals surface area contributed by atoms with Crippen molar-refractivity contribution in [2.24, 2.45) is 0 Å². The van der Waals surface area contributed by atoms with Crippen molar-refractivity contribution in [3.63, 3.8) is 0 Å². The topological polar surface area (TPSA) is 104 Å². The lowest BCUT2D eigenvalue weighted by atomic mass is 10.2. The minimum absolute atomic E-state index is 0.282. The molecule has 0 bridgehead atoms. The van der Waals surface area contributed by atoms with Crippen LogP contribution < -0.4 is 15.8 Å². The number of methoxy groups -OCH3 is 1. The first-order valence-corrected chi connectivity index (χ1v) is 10.7. The number of nitrogens with zero attached hydrogens (tertiary/aromatic N) is 3. The third-order valence-corrected chi connectivity index (χ3v) is 5.18. The van der Waals surface area contributed by atoms with E-state index in [9.17, 15) is 4.79 Å². The number of aromatic nitrogens is 3. The molecule has 166 valence electrons. The molecule has 1 amide bonds. The van der Waals surface area contributed by atoms with Gasteiger partial charge in [0, 0.05) is 19.3 Å². The average molecular weight is 434 g/mol. The van der Waals surface area contributed by atoms with Gasteiger partial charge in [0.2, 0.25) is 0 Å². The quantitative estimate of drug-likeness (QED) is 0.390. The van der Waals surface area contributed by atoms with Crippen molar-refractivity contribution >= 4 is 33.9 Å². The standard InChI is InChI=1S/C24H27N5O3/c1-3-4-14-32-17-11-9-16(10-12-17)29-22(25)20(24(30)26-13-15-31-2)21-23(29)28-19-8-6-5-7-18(19)27-21/h5-12H,3-4,13-15,25H2,1-2H3,(H,26,30). The maximum absolute atomic E-state index is 13.0. The molecule has 0 atom stereocenters. The van der Waals surface area contributed by atoms with E-state index in [1.165, 1.54) is 0 Å². The zero-order valence-corrected chi connectivity index (χ0v) is 18.3. The van der Waals surface area contributed by atoms with Gasteiger partial charge in [-0.1, -0.05) is 25.5 Å². The van der Waals surface area contributed by atoms with E-state index in [0.29, 0.717) is 42.0 Å². The number of fused-ring (bicyclic) bond motifs is 2. The molecule has 0 aliphatic carbocycles. The molecule has 0 saturated heterocycles. The van der Waals surface area contributed by atoms with Gasteiger partial charge >= 0.3 is 0 Å². The van der Waals surface area contributed by atoms with E-state index >= 15 is 0 Å². The number of para-hydroxylation sites is 2. The van der Waals surface area contributed by atoms with Crippen molar-refractivity contribution in [3.8, 4) is 11.4 Å². The molecule has 3 N–H and O–H groups in total. The molecule has 0 saturated carbocycles. The van der Waals surface area contributed by atoms with Crippen LogP contribution in [0.5, 0.6) is 5.75 Å². The predicted molar refractivity (Wildman–Crippen MR) is 125 cm³/mol. The number of unbranched alkanes of at least 4 members (excludes halogenated alkanes) is 1. The number of rotatable bonds is 9. The van der Waals surface area contributed by atoms with Crippen molar-refractivity contribution in [2.45, 2.75) is 19.8 Å². The fourth-order valence-corrected chi connectivity index (χ4v) is 3.53. The molecule has 2 aromatic carbocycles. The van der Waals surface area contributed by atoms with Gasteiger partial charge in [-0.25, -0.2) is 9.97 Å². The van der Waals surface area contributed by atoms with Crippen LogP contribution in [0.1, 0.15) is 30.1 Å². The SMILES string of the molecule is CCCCOc1ccc(-n2c(N)c(C(=O)NCCOC)c3nc4ccccc4nc32)cc1. The van der Waals surface area contributed by atoms with E-state index in [0.717, 1.165) is 29.8 Å². The third-order valence-electron chi connectivity index (χ3n) is 5.18. The lowest BCUT2D eigenvalue weighted by Gasteiger charge is -2.10. The Bertz CT molecular complexity index is 1230. The molecule has 4 rings (SSSR count). The zero-order valence-electron chi connectivity index (χ0n) is 18.3. The number of benzene rings is 2. The van der Waals surface area contributed by atoms with Crippen LogP contribution in [-0.2, 0) is 4.74 Å². The third kappa shape index (κ3) is 4.22. The second kappa shape index (κ2) is 9.65. The Kier molecular flexibility index (Phi) is 6.51. The molecule has 32 heavy (non-hydrogen) atoms. The number of carbonyl (C=O) groups is 1. The summed E-state index contributed by atoms with van der Waals surface area (Å²) in [5.41, 5.74) is 10.00. The summed E-state index contributed by atoms with van der Waals surface area (Å²) >= 11 is 0. The maximum Gasteiger partial charge on any atom is 0.257 e. The molecule has 4 aromatic rings. The number of nitrogens with one attached hydrogen (secondary N) is 1. The molecular formula is C24H27N5O3.